The number of hydrogen-bond acceptors (Lipinski definition) is 4. The van der Waals surface area contributed by atoms with E-state index in [9.17, 15) is 14.9 Å². The van der Waals surface area contributed by atoms with Gasteiger partial charge < -0.3 is 4.90 Å². The Morgan fingerprint density at radius 2 is 1.76 bits per heavy atom. The highest BCUT2D eigenvalue weighted by Gasteiger charge is 2.39. The van der Waals surface area contributed by atoms with Crippen molar-refractivity contribution in [2.75, 3.05) is 18.0 Å². The Bertz CT molecular complexity index is 894. The largest absolute Gasteiger partial charge is 0.368 e. The lowest BCUT2D eigenvalue weighted by Crippen LogP contribution is -2.45. The van der Waals surface area contributed by atoms with Crippen LogP contribution in [0.4, 0.5) is 5.69 Å². The van der Waals surface area contributed by atoms with Crippen LogP contribution >= 0.6 is 0 Å². The number of rotatable bonds is 3. The fraction of sp³-hybridized carbons (Fsp3) is 0.250. The lowest BCUT2D eigenvalue weighted by atomic mass is 10.1. The highest BCUT2D eigenvalue weighted by molar-refractivity contribution is 6.21. The number of nitrogens with zero attached hydrogens (tertiary/aromatic N) is 3. The van der Waals surface area contributed by atoms with Crippen LogP contribution in [0.5, 0.6) is 0 Å². The van der Waals surface area contributed by atoms with Gasteiger partial charge in [0.1, 0.15) is 6.07 Å². The molecule has 124 valence electrons. The van der Waals surface area contributed by atoms with Crippen molar-refractivity contribution in [3.8, 4) is 6.07 Å². The maximum absolute atomic E-state index is 12.6. The molecule has 5 nitrogen and oxygen atoms in total. The molecular weight excluding hydrogens is 314 g/mol. The Labute approximate surface area is 146 Å². The first-order chi connectivity index (χ1) is 12.1. The smallest absolute Gasteiger partial charge is 0.261 e. The molecule has 0 radical (unpaired) electrons. The Balaban J connectivity index is 1.60. The van der Waals surface area contributed by atoms with E-state index in [0.29, 0.717) is 23.2 Å². The van der Waals surface area contributed by atoms with Gasteiger partial charge in [0, 0.05) is 13.1 Å². The number of nitriles is 1. The third kappa shape index (κ3) is 2.30. The van der Waals surface area contributed by atoms with Gasteiger partial charge >= 0.3 is 0 Å². The molecule has 5 heteroatoms. The van der Waals surface area contributed by atoms with E-state index >= 15 is 0 Å². The number of benzene rings is 2. The van der Waals surface area contributed by atoms with Gasteiger partial charge in [-0.25, -0.2) is 0 Å². The summed E-state index contributed by atoms with van der Waals surface area (Å²) in [4.78, 5) is 28.7. The van der Waals surface area contributed by atoms with Crippen molar-refractivity contribution in [2.45, 2.75) is 19.4 Å². The molecule has 1 atom stereocenters. The molecule has 2 aliphatic heterocycles. The first kappa shape index (κ1) is 15.4. The second-order valence-corrected chi connectivity index (χ2v) is 6.50. The Hall–Kier alpha value is -3.13. The first-order valence-corrected chi connectivity index (χ1v) is 8.35. The molecule has 0 bridgehead atoms. The zero-order chi connectivity index (χ0) is 17.6. The summed E-state index contributed by atoms with van der Waals surface area (Å²) in [7, 11) is 0. The van der Waals surface area contributed by atoms with Gasteiger partial charge in [-0.15, -0.1) is 0 Å². The van der Waals surface area contributed by atoms with Crippen LogP contribution in [0.1, 0.15) is 38.8 Å². The minimum absolute atomic E-state index is 0.235. The van der Waals surface area contributed by atoms with Crippen molar-refractivity contribution >= 4 is 17.5 Å². The number of carbonyl (C=O) groups excluding carboxylic acids is 2. The minimum atomic E-state index is -0.273. The van der Waals surface area contributed by atoms with Gasteiger partial charge in [-0.05, 0) is 37.1 Å². The van der Waals surface area contributed by atoms with Crippen molar-refractivity contribution in [1.82, 2.24) is 4.90 Å². The second-order valence-electron chi connectivity index (χ2n) is 6.50. The van der Waals surface area contributed by atoms with Crippen molar-refractivity contribution in [1.29, 1.82) is 5.26 Å². The van der Waals surface area contributed by atoms with Gasteiger partial charge in [-0.1, -0.05) is 24.3 Å². The zero-order valence-electron chi connectivity index (χ0n) is 13.9. The van der Waals surface area contributed by atoms with Crippen molar-refractivity contribution < 1.29 is 9.59 Å². The fourth-order valence-electron chi connectivity index (χ4n) is 3.82. The Kier molecular flexibility index (Phi) is 3.54. The SMILES string of the molecule is CC(CN1CCc2cccc(C#N)c21)N1C(=O)c2ccccc2C1=O. The van der Waals surface area contributed by atoms with E-state index < -0.39 is 0 Å². The molecule has 0 fully saturated rings. The predicted molar refractivity (Wildman–Crippen MR) is 93.5 cm³/mol. The van der Waals surface area contributed by atoms with Gasteiger partial charge in [0.15, 0.2) is 0 Å². The molecule has 2 aromatic carbocycles. The highest BCUT2D eigenvalue weighted by Crippen LogP contribution is 2.32. The Morgan fingerprint density at radius 3 is 2.40 bits per heavy atom. The monoisotopic (exact) mass is 331 g/mol. The van der Waals surface area contributed by atoms with Gasteiger partial charge in [0.05, 0.1) is 28.4 Å². The van der Waals surface area contributed by atoms with Crippen LogP contribution in [0.2, 0.25) is 0 Å². The molecule has 2 aliphatic rings. The molecule has 1 unspecified atom stereocenters. The maximum atomic E-state index is 12.6. The molecule has 2 aromatic rings. The van der Waals surface area contributed by atoms with Crippen LogP contribution in [0.15, 0.2) is 42.5 Å². The molecule has 0 N–H and O–H groups in total. The topological polar surface area (TPSA) is 64.4 Å². The fourth-order valence-corrected chi connectivity index (χ4v) is 3.82. The van der Waals surface area contributed by atoms with Crippen LogP contribution < -0.4 is 4.90 Å². The first-order valence-electron chi connectivity index (χ1n) is 8.35. The van der Waals surface area contributed by atoms with Gasteiger partial charge in [-0.2, -0.15) is 5.26 Å². The summed E-state index contributed by atoms with van der Waals surface area (Å²) in [5, 5.41) is 9.37. The Morgan fingerprint density at radius 1 is 1.08 bits per heavy atom. The molecule has 0 saturated heterocycles. The van der Waals surface area contributed by atoms with E-state index in [-0.39, 0.29) is 17.9 Å². The molecule has 0 saturated carbocycles. The summed E-state index contributed by atoms with van der Waals surface area (Å²) in [6, 6.07) is 14.6. The van der Waals surface area contributed by atoms with Crippen molar-refractivity contribution in [2.24, 2.45) is 0 Å². The predicted octanol–water partition coefficient (Wildman–Crippen LogP) is 2.61. The van der Waals surface area contributed by atoms with E-state index in [4.69, 9.17) is 0 Å². The van der Waals surface area contributed by atoms with Crippen molar-refractivity contribution in [3.05, 3.63) is 64.7 Å². The third-order valence-corrected chi connectivity index (χ3v) is 4.96. The average Bonchev–Trinajstić information content (AvgIpc) is 3.15. The molecule has 0 aromatic heterocycles. The maximum Gasteiger partial charge on any atom is 0.261 e. The van der Waals surface area contributed by atoms with E-state index in [0.717, 1.165) is 24.2 Å². The van der Waals surface area contributed by atoms with E-state index in [2.05, 4.69) is 11.0 Å². The molecule has 2 heterocycles. The number of carbonyl (C=O) groups is 2. The summed E-state index contributed by atoms with van der Waals surface area (Å²) in [6.07, 6.45) is 0.875. The average molecular weight is 331 g/mol. The number of amides is 2. The highest BCUT2D eigenvalue weighted by atomic mass is 16.2. The molecule has 2 amide bonds. The van der Waals surface area contributed by atoms with Gasteiger partial charge in [0.2, 0.25) is 0 Å². The summed E-state index contributed by atoms with van der Waals surface area (Å²) < 4.78 is 0. The molecule has 0 spiro atoms. The number of imide groups is 1. The van der Waals surface area contributed by atoms with E-state index in [1.54, 1.807) is 24.3 Å². The van der Waals surface area contributed by atoms with E-state index in [1.807, 2.05) is 25.1 Å². The van der Waals surface area contributed by atoms with Crippen LogP contribution in [-0.4, -0.2) is 35.8 Å². The number of para-hydroxylation sites is 1. The summed E-state index contributed by atoms with van der Waals surface area (Å²) in [6.45, 7) is 3.20. The van der Waals surface area contributed by atoms with Gasteiger partial charge in [0.25, 0.3) is 11.8 Å². The molecular formula is C20H17N3O2. The lowest BCUT2D eigenvalue weighted by Gasteiger charge is -2.29. The summed E-state index contributed by atoms with van der Waals surface area (Å²) >= 11 is 0. The molecule has 25 heavy (non-hydrogen) atoms. The quantitative estimate of drug-likeness (QED) is 0.811. The van der Waals surface area contributed by atoms with Crippen LogP contribution in [0, 0.1) is 11.3 Å². The number of anilines is 1. The lowest BCUT2D eigenvalue weighted by molar-refractivity contribution is 0.0601. The number of hydrogen-bond donors (Lipinski definition) is 0. The second kappa shape index (κ2) is 5.75. The van der Waals surface area contributed by atoms with Crippen LogP contribution in [-0.2, 0) is 6.42 Å². The summed E-state index contributed by atoms with van der Waals surface area (Å²) in [5.41, 5.74) is 3.67. The normalized spacial score (nSPS) is 16.6. The van der Waals surface area contributed by atoms with Gasteiger partial charge in [-0.3, -0.25) is 14.5 Å². The van der Waals surface area contributed by atoms with Crippen molar-refractivity contribution in [3.63, 3.8) is 0 Å². The molecule has 4 rings (SSSR count). The standard InChI is InChI=1S/C20H17N3O2/c1-13(23-19(24)16-7-2-3-8-17(16)20(23)25)12-22-10-9-14-5-4-6-15(11-21)18(14)22/h2-8,13H,9-10,12H2,1H3. The minimum Gasteiger partial charge on any atom is -0.368 e. The summed E-state index contributed by atoms with van der Waals surface area (Å²) in [5.74, 6) is -0.470. The number of fused-ring (bicyclic) bond motifs is 2. The van der Waals surface area contributed by atoms with E-state index in [1.165, 1.54) is 4.90 Å². The van der Waals surface area contributed by atoms with Crippen LogP contribution in [0.25, 0.3) is 0 Å². The zero-order valence-corrected chi connectivity index (χ0v) is 13.9. The molecule has 0 aliphatic carbocycles. The van der Waals surface area contributed by atoms with Crippen LogP contribution in [0.3, 0.4) is 0 Å². The third-order valence-electron chi connectivity index (χ3n) is 4.96.